The molecule has 1 aliphatic rings. The molecule has 28 heavy (non-hydrogen) atoms. The highest BCUT2D eigenvalue weighted by Crippen LogP contribution is 2.28. The topological polar surface area (TPSA) is 66.5 Å². The number of hydrogen-bond donors (Lipinski definition) is 1. The molecule has 0 aromatic heterocycles. The summed E-state index contributed by atoms with van der Waals surface area (Å²) in [6, 6.07) is 16.6. The molecule has 2 aromatic rings. The van der Waals surface area contributed by atoms with Crippen molar-refractivity contribution < 1.29 is 13.2 Å². The molecule has 2 aromatic carbocycles. The van der Waals surface area contributed by atoms with Gasteiger partial charge in [-0.3, -0.25) is 4.79 Å². The largest absolute Gasteiger partial charge is 0.367 e. The van der Waals surface area contributed by atoms with Crippen LogP contribution in [-0.4, -0.2) is 31.4 Å². The van der Waals surface area contributed by atoms with Crippen LogP contribution in [0.5, 0.6) is 0 Å². The number of carbonyl (C=O) groups is 1. The van der Waals surface area contributed by atoms with Crippen LogP contribution in [-0.2, 0) is 34.1 Å². The summed E-state index contributed by atoms with van der Waals surface area (Å²) in [4.78, 5) is 14.6. The fraction of sp³-hybridized carbons (Fsp3) is 0.409. The predicted octanol–water partition coefficient (Wildman–Crippen LogP) is 3.08. The van der Waals surface area contributed by atoms with Gasteiger partial charge in [-0.25, -0.2) is 8.42 Å². The number of anilines is 1. The Bertz CT molecular complexity index is 937. The minimum Gasteiger partial charge on any atom is -0.367 e. The monoisotopic (exact) mass is 400 g/mol. The van der Waals surface area contributed by atoms with Gasteiger partial charge in [0.25, 0.3) is 0 Å². The molecule has 0 bridgehead atoms. The van der Waals surface area contributed by atoms with Crippen molar-refractivity contribution in [1.29, 1.82) is 0 Å². The lowest BCUT2D eigenvalue weighted by Crippen LogP contribution is -2.40. The van der Waals surface area contributed by atoms with E-state index >= 15 is 0 Å². The molecule has 0 saturated carbocycles. The second-order valence-electron chi connectivity index (χ2n) is 7.61. The summed E-state index contributed by atoms with van der Waals surface area (Å²) in [6.07, 6.45) is 1.08. The van der Waals surface area contributed by atoms with Gasteiger partial charge in [0.05, 0.1) is 5.25 Å². The van der Waals surface area contributed by atoms with E-state index in [9.17, 15) is 13.2 Å². The molecule has 1 heterocycles. The Balaban J connectivity index is 1.56. The van der Waals surface area contributed by atoms with Crippen molar-refractivity contribution in [2.75, 3.05) is 11.4 Å². The van der Waals surface area contributed by atoms with Crippen molar-refractivity contribution in [3.63, 3.8) is 0 Å². The lowest BCUT2D eigenvalue weighted by atomic mass is 10.1. The number of benzene rings is 2. The molecule has 0 aliphatic carbocycles. The van der Waals surface area contributed by atoms with Crippen LogP contribution in [0.15, 0.2) is 48.5 Å². The maximum Gasteiger partial charge on any atom is 0.238 e. The van der Waals surface area contributed by atoms with E-state index in [1.54, 1.807) is 13.8 Å². The van der Waals surface area contributed by atoms with Crippen molar-refractivity contribution in [3.05, 3.63) is 65.2 Å². The van der Waals surface area contributed by atoms with E-state index in [-0.39, 0.29) is 0 Å². The molecular formula is C22H28N2O3S. The first-order chi connectivity index (χ1) is 13.3. The van der Waals surface area contributed by atoms with Gasteiger partial charge in [0.1, 0.15) is 5.25 Å². The Kier molecular flexibility index (Phi) is 6.08. The van der Waals surface area contributed by atoms with Gasteiger partial charge in [-0.15, -0.1) is 0 Å². The van der Waals surface area contributed by atoms with Crippen LogP contribution < -0.4 is 10.2 Å². The fourth-order valence-electron chi connectivity index (χ4n) is 3.44. The van der Waals surface area contributed by atoms with Crippen LogP contribution in [0.25, 0.3) is 0 Å². The molecule has 1 atom stereocenters. The Morgan fingerprint density at radius 2 is 1.68 bits per heavy atom. The molecule has 0 fully saturated rings. The third-order valence-electron chi connectivity index (χ3n) is 5.37. The fourth-order valence-corrected chi connectivity index (χ4v) is 4.64. The van der Waals surface area contributed by atoms with Crippen molar-refractivity contribution >= 4 is 21.4 Å². The molecule has 1 unspecified atom stereocenters. The highest BCUT2D eigenvalue weighted by Gasteiger charge is 2.30. The lowest BCUT2D eigenvalue weighted by Gasteiger charge is -2.19. The number of nitrogens with zero attached hydrogens (tertiary/aromatic N) is 1. The second kappa shape index (κ2) is 8.35. The highest BCUT2D eigenvalue weighted by atomic mass is 32.2. The van der Waals surface area contributed by atoms with Crippen LogP contribution in [0.1, 0.15) is 37.5 Å². The molecule has 6 heteroatoms. The summed E-state index contributed by atoms with van der Waals surface area (Å²) >= 11 is 0. The van der Waals surface area contributed by atoms with Crippen LogP contribution >= 0.6 is 0 Å². The SMILES string of the molecule is CC(C)S(=O)(=O)C(C)C(=O)NCc1ccc(CN2CCc3ccccc32)cc1. The van der Waals surface area contributed by atoms with E-state index in [0.717, 1.165) is 25.1 Å². The molecule has 5 nitrogen and oxygen atoms in total. The minimum absolute atomic E-state index is 0.323. The highest BCUT2D eigenvalue weighted by molar-refractivity contribution is 7.93. The van der Waals surface area contributed by atoms with Gasteiger partial charge in [0.2, 0.25) is 5.91 Å². The third-order valence-corrected chi connectivity index (χ3v) is 7.88. The molecule has 1 aliphatic heterocycles. The zero-order valence-electron chi connectivity index (χ0n) is 16.7. The summed E-state index contributed by atoms with van der Waals surface area (Å²) in [6.45, 7) is 6.84. The van der Waals surface area contributed by atoms with Crippen molar-refractivity contribution in [3.8, 4) is 0 Å². The average Bonchev–Trinajstić information content (AvgIpc) is 3.09. The van der Waals surface area contributed by atoms with Gasteiger partial charge in [-0.2, -0.15) is 0 Å². The molecule has 1 amide bonds. The van der Waals surface area contributed by atoms with Crippen molar-refractivity contribution in [2.45, 2.75) is 50.8 Å². The van der Waals surface area contributed by atoms with E-state index < -0.39 is 26.2 Å². The molecule has 0 spiro atoms. The Morgan fingerprint density at radius 1 is 1.04 bits per heavy atom. The van der Waals surface area contributed by atoms with Crippen molar-refractivity contribution in [1.82, 2.24) is 5.32 Å². The number of sulfone groups is 1. The lowest BCUT2D eigenvalue weighted by molar-refractivity contribution is -0.120. The second-order valence-corrected chi connectivity index (χ2v) is 10.4. The maximum absolute atomic E-state index is 12.2. The molecule has 0 radical (unpaired) electrons. The summed E-state index contributed by atoms with van der Waals surface area (Å²) in [5, 5.41) is 1.13. The average molecular weight is 401 g/mol. The quantitative estimate of drug-likeness (QED) is 0.776. The van der Waals surface area contributed by atoms with Gasteiger partial charge < -0.3 is 10.2 Å². The van der Waals surface area contributed by atoms with Crippen LogP contribution in [0, 0.1) is 0 Å². The number of hydrogen-bond acceptors (Lipinski definition) is 4. The first-order valence-corrected chi connectivity index (χ1v) is 11.3. The first-order valence-electron chi connectivity index (χ1n) is 9.70. The predicted molar refractivity (Wildman–Crippen MR) is 113 cm³/mol. The van der Waals surface area contributed by atoms with Gasteiger partial charge in [-0.1, -0.05) is 42.5 Å². The number of amides is 1. The Morgan fingerprint density at radius 3 is 2.36 bits per heavy atom. The van der Waals surface area contributed by atoms with E-state index in [1.165, 1.54) is 23.7 Å². The normalized spacial score (nSPS) is 14.8. The molecule has 150 valence electrons. The van der Waals surface area contributed by atoms with Crippen molar-refractivity contribution in [2.24, 2.45) is 0 Å². The van der Waals surface area contributed by atoms with E-state index in [0.29, 0.717) is 6.54 Å². The minimum atomic E-state index is -3.44. The molecular weight excluding hydrogens is 372 g/mol. The van der Waals surface area contributed by atoms with Crippen LogP contribution in [0.3, 0.4) is 0 Å². The number of carbonyl (C=O) groups excluding carboxylic acids is 1. The maximum atomic E-state index is 12.2. The molecule has 0 saturated heterocycles. The summed E-state index contributed by atoms with van der Waals surface area (Å²) in [7, 11) is -3.44. The van der Waals surface area contributed by atoms with Gasteiger partial charge in [0, 0.05) is 25.3 Å². The smallest absolute Gasteiger partial charge is 0.238 e. The van der Waals surface area contributed by atoms with E-state index in [2.05, 4.69) is 46.6 Å². The number of fused-ring (bicyclic) bond motifs is 1. The van der Waals surface area contributed by atoms with E-state index in [1.807, 2.05) is 12.1 Å². The summed E-state index contributed by atoms with van der Waals surface area (Å²) < 4.78 is 24.2. The number of para-hydroxylation sites is 1. The van der Waals surface area contributed by atoms with Gasteiger partial charge in [-0.05, 0) is 49.9 Å². The summed E-state index contributed by atoms with van der Waals surface area (Å²) in [5.41, 5.74) is 4.86. The Hall–Kier alpha value is -2.34. The first kappa shape index (κ1) is 20.4. The third kappa shape index (κ3) is 4.38. The van der Waals surface area contributed by atoms with Crippen LogP contribution in [0.2, 0.25) is 0 Å². The summed E-state index contributed by atoms with van der Waals surface area (Å²) in [5.74, 6) is -0.452. The molecule has 3 rings (SSSR count). The number of rotatable bonds is 7. The number of nitrogens with one attached hydrogen (secondary N) is 1. The van der Waals surface area contributed by atoms with E-state index in [4.69, 9.17) is 0 Å². The van der Waals surface area contributed by atoms with Crippen LogP contribution in [0.4, 0.5) is 5.69 Å². The molecule has 1 N–H and O–H groups in total. The van der Waals surface area contributed by atoms with Gasteiger partial charge >= 0.3 is 0 Å². The van der Waals surface area contributed by atoms with Gasteiger partial charge in [0.15, 0.2) is 9.84 Å². The zero-order valence-corrected chi connectivity index (χ0v) is 17.5. The zero-order chi connectivity index (χ0) is 20.3. The standard InChI is InChI=1S/C22H28N2O3S/c1-16(2)28(26,27)17(3)22(25)23-14-18-8-10-19(11-9-18)15-24-13-12-20-6-4-5-7-21(20)24/h4-11,16-17H,12-15H2,1-3H3,(H,23,25). The Labute approximate surface area is 167 Å².